The fourth-order valence-electron chi connectivity index (χ4n) is 3.55. The predicted octanol–water partition coefficient (Wildman–Crippen LogP) is 3.56. The summed E-state index contributed by atoms with van der Waals surface area (Å²) >= 11 is 0. The molecule has 1 N–H and O–H groups in total. The molecule has 1 saturated heterocycles. The average molecular weight is 319 g/mol. The monoisotopic (exact) mass is 319 g/mol. The standard InChI is InChI=1S/C19H21N5/c1-14-4-2-3-5-16(14)17-12-22-23-19(17)15-6-10-24(11-7-15)18-13-20-8-9-21-18/h2-5,8-9,12-13,15H,6-7,10-11H2,1H3,(H,22,23). The van der Waals surface area contributed by atoms with Crippen molar-refractivity contribution in [3.63, 3.8) is 0 Å². The Morgan fingerprint density at radius 1 is 1.04 bits per heavy atom. The van der Waals surface area contributed by atoms with Gasteiger partial charge in [-0.1, -0.05) is 24.3 Å². The summed E-state index contributed by atoms with van der Waals surface area (Å²) in [5.41, 5.74) is 5.07. The molecule has 24 heavy (non-hydrogen) atoms. The van der Waals surface area contributed by atoms with Crippen LogP contribution in [0.3, 0.4) is 0 Å². The Morgan fingerprint density at radius 2 is 1.88 bits per heavy atom. The summed E-state index contributed by atoms with van der Waals surface area (Å²) in [6, 6.07) is 8.51. The van der Waals surface area contributed by atoms with Crippen LogP contribution in [-0.2, 0) is 0 Å². The van der Waals surface area contributed by atoms with Crippen LogP contribution >= 0.6 is 0 Å². The van der Waals surface area contributed by atoms with E-state index in [2.05, 4.69) is 56.3 Å². The zero-order valence-corrected chi connectivity index (χ0v) is 13.8. The van der Waals surface area contributed by atoms with Crippen LogP contribution in [0.15, 0.2) is 49.1 Å². The Kier molecular flexibility index (Phi) is 3.99. The number of aryl methyl sites for hydroxylation is 1. The van der Waals surface area contributed by atoms with Crippen molar-refractivity contribution in [1.82, 2.24) is 20.2 Å². The third-order valence-corrected chi connectivity index (χ3v) is 4.88. The fourth-order valence-corrected chi connectivity index (χ4v) is 3.55. The van der Waals surface area contributed by atoms with E-state index in [-0.39, 0.29) is 0 Å². The minimum atomic E-state index is 0.509. The Balaban J connectivity index is 1.53. The summed E-state index contributed by atoms with van der Waals surface area (Å²) in [5, 5.41) is 7.59. The molecule has 3 aromatic rings. The van der Waals surface area contributed by atoms with Crippen LogP contribution in [0.25, 0.3) is 11.1 Å². The molecule has 0 spiro atoms. The van der Waals surface area contributed by atoms with Gasteiger partial charge < -0.3 is 4.90 Å². The molecule has 0 amide bonds. The van der Waals surface area contributed by atoms with E-state index in [4.69, 9.17) is 0 Å². The van der Waals surface area contributed by atoms with Gasteiger partial charge in [0, 0.05) is 42.7 Å². The normalized spacial score (nSPS) is 15.6. The van der Waals surface area contributed by atoms with Gasteiger partial charge in [-0.3, -0.25) is 10.1 Å². The summed E-state index contributed by atoms with van der Waals surface area (Å²) < 4.78 is 0. The number of nitrogens with zero attached hydrogens (tertiary/aromatic N) is 4. The van der Waals surface area contributed by atoms with Crippen molar-refractivity contribution in [1.29, 1.82) is 0 Å². The molecule has 5 heteroatoms. The van der Waals surface area contributed by atoms with E-state index in [0.717, 1.165) is 31.7 Å². The summed E-state index contributed by atoms with van der Waals surface area (Å²) in [6.45, 7) is 4.15. The van der Waals surface area contributed by atoms with E-state index in [1.807, 2.05) is 12.4 Å². The molecule has 0 saturated carbocycles. The Labute approximate surface area is 141 Å². The lowest BCUT2D eigenvalue weighted by Gasteiger charge is -2.32. The highest BCUT2D eigenvalue weighted by Gasteiger charge is 2.25. The van der Waals surface area contributed by atoms with E-state index >= 15 is 0 Å². The Hall–Kier alpha value is -2.69. The van der Waals surface area contributed by atoms with Crippen LogP contribution in [0, 0.1) is 6.92 Å². The van der Waals surface area contributed by atoms with Crippen LogP contribution in [0.1, 0.15) is 30.0 Å². The number of anilines is 1. The molecule has 1 fully saturated rings. The van der Waals surface area contributed by atoms with Crippen molar-refractivity contribution in [3.05, 3.63) is 60.3 Å². The predicted molar refractivity (Wildman–Crippen MR) is 95.0 cm³/mol. The summed E-state index contributed by atoms with van der Waals surface area (Å²) in [6.07, 6.45) is 9.47. The van der Waals surface area contributed by atoms with E-state index in [1.54, 1.807) is 12.4 Å². The minimum Gasteiger partial charge on any atom is -0.355 e. The van der Waals surface area contributed by atoms with Crippen LogP contribution < -0.4 is 4.90 Å². The van der Waals surface area contributed by atoms with Gasteiger partial charge in [-0.25, -0.2) is 4.98 Å². The van der Waals surface area contributed by atoms with Gasteiger partial charge in [0.2, 0.25) is 0 Å². The van der Waals surface area contributed by atoms with Crippen molar-refractivity contribution in [2.24, 2.45) is 0 Å². The topological polar surface area (TPSA) is 57.7 Å². The van der Waals surface area contributed by atoms with Gasteiger partial charge in [0.25, 0.3) is 0 Å². The van der Waals surface area contributed by atoms with Crippen molar-refractivity contribution >= 4 is 5.82 Å². The number of hydrogen-bond acceptors (Lipinski definition) is 4. The Morgan fingerprint density at radius 3 is 2.62 bits per heavy atom. The summed E-state index contributed by atoms with van der Waals surface area (Å²) in [5.74, 6) is 1.48. The maximum atomic E-state index is 4.41. The smallest absolute Gasteiger partial charge is 0.147 e. The first-order chi connectivity index (χ1) is 11.8. The highest BCUT2D eigenvalue weighted by molar-refractivity contribution is 5.69. The number of hydrogen-bond donors (Lipinski definition) is 1. The molecule has 1 aromatic carbocycles. The molecule has 0 radical (unpaired) electrons. The summed E-state index contributed by atoms with van der Waals surface area (Å²) in [7, 11) is 0. The second-order valence-electron chi connectivity index (χ2n) is 6.34. The number of aromatic amines is 1. The highest BCUT2D eigenvalue weighted by atomic mass is 15.2. The zero-order chi connectivity index (χ0) is 16.4. The minimum absolute atomic E-state index is 0.509. The van der Waals surface area contributed by atoms with Gasteiger partial charge in [0.15, 0.2) is 0 Å². The van der Waals surface area contributed by atoms with E-state index in [1.165, 1.54) is 22.4 Å². The number of benzene rings is 1. The van der Waals surface area contributed by atoms with Crippen LogP contribution in [-0.4, -0.2) is 33.3 Å². The van der Waals surface area contributed by atoms with Gasteiger partial charge in [0.05, 0.1) is 12.4 Å². The largest absolute Gasteiger partial charge is 0.355 e. The maximum absolute atomic E-state index is 4.41. The molecule has 5 nitrogen and oxygen atoms in total. The van der Waals surface area contributed by atoms with Crippen LogP contribution in [0.5, 0.6) is 0 Å². The molecule has 0 atom stereocenters. The highest BCUT2D eigenvalue weighted by Crippen LogP contribution is 2.35. The lowest BCUT2D eigenvalue weighted by Crippen LogP contribution is -2.33. The second kappa shape index (κ2) is 6.43. The van der Waals surface area contributed by atoms with E-state index in [0.29, 0.717) is 5.92 Å². The SMILES string of the molecule is Cc1ccccc1-c1cn[nH]c1C1CCN(c2cnccn2)CC1. The van der Waals surface area contributed by atoms with Gasteiger partial charge in [0.1, 0.15) is 5.82 Å². The molecule has 4 rings (SSSR count). The molecule has 0 unspecified atom stereocenters. The average Bonchev–Trinajstić information content (AvgIpc) is 3.12. The van der Waals surface area contributed by atoms with Crippen molar-refractivity contribution in [2.75, 3.05) is 18.0 Å². The van der Waals surface area contributed by atoms with Gasteiger partial charge >= 0.3 is 0 Å². The fraction of sp³-hybridized carbons (Fsp3) is 0.316. The second-order valence-corrected chi connectivity index (χ2v) is 6.34. The molecule has 0 aliphatic carbocycles. The Bertz CT molecular complexity index is 803. The number of aromatic nitrogens is 4. The maximum Gasteiger partial charge on any atom is 0.147 e. The molecule has 3 heterocycles. The van der Waals surface area contributed by atoms with Crippen molar-refractivity contribution < 1.29 is 0 Å². The van der Waals surface area contributed by atoms with Crippen molar-refractivity contribution in [3.8, 4) is 11.1 Å². The third-order valence-electron chi connectivity index (χ3n) is 4.88. The lowest BCUT2D eigenvalue weighted by atomic mass is 9.88. The molecular formula is C19H21N5. The van der Waals surface area contributed by atoms with Crippen molar-refractivity contribution in [2.45, 2.75) is 25.7 Å². The number of rotatable bonds is 3. The van der Waals surface area contributed by atoms with E-state index in [9.17, 15) is 0 Å². The molecular weight excluding hydrogens is 298 g/mol. The number of H-pyrrole nitrogens is 1. The van der Waals surface area contributed by atoms with Gasteiger partial charge in [-0.15, -0.1) is 0 Å². The third kappa shape index (κ3) is 2.77. The van der Waals surface area contributed by atoms with E-state index < -0.39 is 0 Å². The van der Waals surface area contributed by atoms with Gasteiger partial charge in [-0.05, 0) is 30.9 Å². The number of piperidine rings is 1. The first-order valence-electron chi connectivity index (χ1n) is 8.43. The first kappa shape index (κ1) is 14.9. The molecule has 1 aliphatic heterocycles. The summed E-state index contributed by atoms with van der Waals surface area (Å²) in [4.78, 5) is 10.9. The van der Waals surface area contributed by atoms with Crippen LogP contribution in [0.4, 0.5) is 5.82 Å². The molecule has 2 aromatic heterocycles. The zero-order valence-electron chi connectivity index (χ0n) is 13.8. The molecule has 122 valence electrons. The molecule has 0 bridgehead atoms. The first-order valence-corrected chi connectivity index (χ1v) is 8.43. The quantitative estimate of drug-likeness (QED) is 0.802. The van der Waals surface area contributed by atoms with Crippen LogP contribution in [0.2, 0.25) is 0 Å². The molecule has 1 aliphatic rings. The lowest BCUT2D eigenvalue weighted by molar-refractivity contribution is 0.493. The van der Waals surface area contributed by atoms with Gasteiger partial charge in [-0.2, -0.15) is 5.10 Å². The number of nitrogens with one attached hydrogen (secondary N) is 1.